The summed E-state index contributed by atoms with van der Waals surface area (Å²) in [7, 11) is 0. The zero-order valence-corrected chi connectivity index (χ0v) is 9.97. The number of nitrogens with zero attached hydrogens (tertiary/aromatic N) is 1. The quantitative estimate of drug-likeness (QED) is 0.783. The highest BCUT2D eigenvalue weighted by Gasteiger charge is 2.31. The molecule has 1 aliphatic heterocycles. The van der Waals surface area contributed by atoms with Gasteiger partial charge in [-0.25, -0.2) is 0 Å². The van der Waals surface area contributed by atoms with E-state index in [2.05, 4.69) is 4.90 Å². The lowest BCUT2D eigenvalue weighted by Crippen LogP contribution is -2.44. The van der Waals surface area contributed by atoms with Crippen molar-refractivity contribution in [2.24, 2.45) is 17.6 Å². The number of piperidine rings is 1. The van der Waals surface area contributed by atoms with Crippen LogP contribution in [0.3, 0.4) is 0 Å². The number of likely N-dealkylation sites (tertiary alicyclic amines) is 1. The van der Waals surface area contributed by atoms with E-state index in [1.54, 1.807) is 0 Å². The Bertz CT molecular complexity index is 211. The predicted octanol–water partition coefficient (Wildman–Crippen LogP) is 1.41. The largest absolute Gasteiger partial charge is 0.342 e. The highest BCUT2D eigenvalue weighted by molar-refractivity contribution is 5.85. The van der Waals surface area contributed by atoms with E-state index in [9.17, 15) is 4.79 Å². The summed E-state index contributed by atoms with van der Waals surface area (Å²) in [5.74, 6) is 1.43. The number of rotatable bonds is 2. The lowest BCUT2D eigenvalue weighted by atomic mass is 9.83. The molecule has 0 bridgehead atoms. The molecule has 0 aromatic carbocycles. The second-order valence-corrected chi connectivity index (χ2v) is 4.63. The standard InChI is InChI=1S/C11H20N2O.ClH/c12-8-9-4-6-13(7-5-9)11(14)10-2-1-3-10;/h9-10H,1-8,12H2;1H. The minimum absolute atomic E-state index is 0. The minimum Gasteiger partial charge on any atom is -0.342 e. The fourth-order valence-corrected chi connectivity index (χ4v) is 2.30. The third kappa shape index (κ3) is 2.85. The van der Waals surface area contributed by atoms with Crippen LogP contribution in [0, 0.1) is 11.8 Å². The van der Waals surface area contributed by atoms with Crippen molar-refractivity contribution in [3.63, 3.8) is 0 Å². The van der Waals surface area contributed by atoms with E-state index in [-0.39, 0.29) is 12.4 Å². The van der Waals surface area contributed by atoms with Crippen molar-refractivity contribution in [2.45, 2.75) is 32.1 Å². The third-order valence-electron chi connectivity index (χ3n) is 3.71. The molecular formula is C11H21ClN2O. The van der Waals surface area contributed by atoms with Crippen molar-refractivity contribution in [1.82, 2.24) is 4.90 Å². The van der Waals surface area contributed by atoms with Crippen LogP contribution in [0.25, 0.3) is 0 Å². The van der Waals surface area contributed by atoms with Crippen LogP contribution in [-0.4, -0.2) is 30.4 Å². The van der Waals surface area contributed by atoms with Gasteiger partial charge in [-0.1, -0.05) is 6.42 Å². The van der Waals surface area contributed by atoms with Crippen molar-refractivity contribution >= 4 is 18.3 Å². The SMILES string of the molecule is Cl.NCC1CCN(C(=O)C2CCC2)CC1. The third-order valence-corrected chi connectivity index (χ3v) is 3.71. The number of carbonyl (C=O) groups excluding carboxylic acids is 1. The molecule has 1 aliphatic carbocycles. The Morgan fingerprint density at radius 3 is 2.20 bits per heavy atom. The van der Waals surface area contributed by atoms with E-state index in [4.69, 9.17) is 5.73 Å². The lowest BCUT2D eigenvalue weighted by molar-refractivity contribution is -0.139. The Balaban J connectivity index is 0.00000112. The zero-order valence-electron chi connectivity index (χ0n) is 9.15. The Morgan fingerprint density at radius 2 is 1.80 bits per heavy atom. The van der Waals surface area contributed by atoms with Crippen LogP contribution in [0.4, 0.5) is 0 Å². The van der Waals surface area contributed by atoms with Gasteiger partial charge in [0.1, 0.15) is 0 Å². The maximum atomic E-state index is 11.9. The maximum absolute atomic E-state index is 11.9. The molecule has 1 amide bonds. The van der Waals surface area contributed by atoms with Crippen LogP contribution >= 0.6 is 12.4 Å². The molecule has 3 nitrogen and oxygen atoms in total. The van der Waals surface area contributed by atoms with Gasteiger partial charge in [-0.3, -0.25) is 4.79 Å². The number of halogens is 1. The van der Waals surface area contributed by atoms with E-state index >= 15 is 0 Å². The monoisotopic (exact) mass is 232 g/mol. The van der Waals surface area contributed by atoms with E-state index in [0.717, 1.165) is 45.3 Å². The Labute approximate surface area is 97.8 Å². The molecule has 1 saturated carbocycles. The first-order chi connectivity index (χ1) is 6.81. The average Bonchev–Trinajstić information content (AvgIpc) is 2.15. The molecule has 15 heavy (non-hydrogen) atoms. The molecule has 2 N–H and O–H groups in total. The van der Waals surface area contributed by atoms with Crippen molar-refractivity contribution < 1.29 is 4.79 Å². The van der Waals surface area contributed by atoms with Gasteiger partial charge in [0, 0.05) is 19.0 Å². The van der Waals surface area contributed by atoms with E-state index in [0.29, 0.717) is 17.7 Å². The summed E-state index contributed by atoms with van der Waals surface area (Å²) >= 11 is 0. The van der Waals surface area contributed by atoms with Gasteiger partial charge in [0.15, 0.2) is 0 Å². The molecule has 1 saturated heterocycles. The predicted molar refractivity (Wildman–Crippen MR) is 62.9 cm³/mol. The highest BCUT2D eigenvalue weighted by atomic mass is 35.5. The van der Waals surface area contributed by atoms with Crippen LogP contribution in [0.2, 0.25) is 0 Å². The topological polar surface area (TPSA) is 46.3 Å². The normalized spacial score (nSPS) is 23.1. The van der Waals surface area contributed by atoms with E-state index < -0.39 is 0 Å². The molecule has 0 aromatic heterocycles. The Hall–Kier alpha value is -0.280. The Morgan fingerprint density at radius 1 is 1.20 bits per heavy atom. The van der Waals surface area contributed by atoms with Gasteiger partial charge in [-0.15, -0.1) is 12.4 Å². The molecule has 0 unspecified atom stereocenters. The first kappa shape index (κ1) is 12.8. The van der Waals surface area contributed by atoms with Gasteiger partial charge >= 0.3 is 0 Å². The van der Waals surface area contributed by atoms with E-state index in [1.165, 1.54) is 6.42 Å². The first-order valence-corrected chi connectivity index (χ1v) is 5.80. The smallest absolute Gasteiger partial charge is 0.225 e. The van der Waals surface area contributed by atoms with Crippen molar-refractivity contribution in [3.8, 4) is 0 Å². The molecular weight excluding hydrogens is 212 g/mol. The molecule has 88 valence electrons. The summed E-state index contributed by atoms with van der Waals surface area (Å²) < 4.78 is 0. The summed E-state index contributed by atoms with van der Waals surface area (Å²) in [4.78, 5) is 13.9. The van der Waals surface area contributed by atoms with Crippen LogP contribution < -0.4 is 5.73 Å². The summed E-state index contributed by atoms with van der Waals surface area (Å²) in [6.07, 6.45) is 5.70. The van der Waals surface area contributed by atoms with Crippen molar-refractivity contribution in [3.05, 3.63) is 0 Å². The Kier molecular flexibility index (Phi) is 4.87. The second-order valence-electron chi connectivity index (χ2n) is 4.63. The lowest BCUT2D eigenvalue weighted by Gasteiger charge is -2.36. The molecule has 2 rings (SSSR count). The molecule has 0 spiro atoms. The van der Waals surface area contributed by atoms with Gasteiger partial charge in [-0.2, -0.15) is 0 Å². The second kappa shape index (κ2) is 5.71. The van der Waals surface area contributed by atoms with Crippen molar-refractivity contribution in [1.29, 1.82) is 0 Å². The average molecular weight is 233 g/mol. The number of hydrogen-bond acceptors (Lipinski definition) is 2. The first-order valence-electron chi connectivity index (χ1n) is 5.80. The van der Waals surface area contributed by atoms with Crippen LogP contribution in [0.1, 0.15) is 32.1 Å². The number of amides is 1. The number of nitrogens with two attached hydrogens (primary N) is 1. The zero-order chi connectivity index (χ0) is 9.97. The molecule has 1 heterocycles. The minimum atomic E-state index is 0. The van der Waals surface area contributed by atoms with Crippen LogP contribution in [-0.2, 0) is 4.79 Å². The van der Waals surface area contributed by atoms with Gasteiger partial charge in [0.05, 0.1) is 0 Å². The summed E-state index contributed by atoms with van der Waals surface area (Å²) in [6, 6.07) is 0. The number of hydrogen-bond donors (Lipinski definition) is 1. The molecule has 4 heteroatoms. The molecule has 0 aromatic rings. The highest BCUT2D eigenvalue weighted by Crippen LogP contribution is 2.29. The molecule has 0 radical (unpaired) electrons. The van der Waals surface area contributed by atoms with Gasteiger partial charge in [0.2, 0.25) is 5.91 Å². The summed E-state index contributed by atoms with van der Waals surface area (Å²) in [6.45, 7) is 2.67. The maximum Gasteiger partial charge on any atom is 0.225 e. The molecule has 2 fully saturated rings. The molecule has 0 atom stereocenters. The fourth-order valence-electron chi connectivity index (χ4n) is 2.30. The van der Waals surface area contributed by atoms with Gasteiger partial charge < -0.3 is 10.6 Å². The van der Waals surface area contributed by atoms with Crippen LogP contribution in [0.15, 0.2) is 0 Å². The van der Waals surface area contributed by atoms with E-state index in [1.807, 2.05) is 0 Å². The summed E-state index contributed by atoms with van der Waals surface area (Å²) in [5, 5.41) is 0. The number of carbonyl (C=O) groups is 1. The van der Waals surface area contributed by atoms with Crippen molar-refractivity contribution in [2.75, 3.05) is 19.6 Å². The van der Waals surface area contributed by atoms with Gasteiger partial charge in [0.25, 0.3) is 0 Å². The van der Waals surface area contributed by atoms with Gasteiger partial charge in [-0.05, 0) is 38.1 Å². The van der Waals surface area contributed by atoms with Crippen LogP contribution in [0.5, 0.6) is 0 Å². The summed E-state index contributed by atoms with van der Waals surface area (Å²) in [5.41, 5.74) is 5.62. The fraction of sp³-hybridized carbons (Fsp3) is 0.909. The molecule has 2 aliphatic rings.